The number of nitrogens with one attached hydrogen (secondary N) is 1. The van der Waals surface area contributed by atoms with Gasteiger partial charge in [-0.15, -0.1) is 12.4 Å². The zero-order chi connectivity index (χ0) is 15.2. The van der Waals surface area contributed by atoms with Crippen molar-refractivity contribution in [3.8, 4) is 0 Å². The predicted molar refractivity (Wildman–Crippen MR) is 98.4 cm³/mol. The molecule has 1 aromatic rings. The summed E-state index contributed by atoms with van der Waals surface area (Å²) in [5.41, 5.74) is 2.51. The van der Waals surface area contributed by atoms with Crippen LogP contribution in [0.5, 0.6) is 0 Å². The number of benzene rings is 1. The second-order valence-corrected chi connectivity index (χ2v) is 6.72. The van der Waals surface area contributed by atoms with Crippen LogP contribution in [0.2, 0.25) is 0 Å². The van der Waals surface area contributed by atoms with E-state index in [0.29, 0.717) is 12.3 Å². The van der Waals surface area contributed by atoms with E-state index in [1.165, 1.54) is 31.2 Å². The molecule has 2 aliphatic rings. The van der Waals surface area contributed by atoms with E-state index in [-0.39, 0.29) is 12.4 Å². The van der Waals surface area contributed by atoms with Crippen LogP contribution in [0.3, 0.4) is 0 Å². The lowest BCUT2D eigenvalue weighted by atomic mass is 9.92. The topological polar surface area (TPSA) is 32.3 Å². The Morgan fingerprint density at radius 3 is 2.74 bits per heavy atom. The minimum Gasteiger partial charge on any atom is -0.317 e. The largest absolute Gasteiger partial charge is 0.317 e. The maximum atomic E-state index is 12.8. The first-order valence-corrected chi connectivity index (χ1v) is 8.93. The number of para-hydroxylation sites is 1. The number of hydrogen-bond acceptors (Lipinski definition) is 2. The van der Waals surface area contributed by atoms with Crippen LogP contribution < -0.4 is 10.2 Å². The van der Waals surface area contributed by atoms with E-state index >= 15 is 0 Å². The number of amides is 1. The first-order valence-electron chi connectivity index (χ1n) is 8.93. The molecule has 0 atom stereocenters. The quantitative estimate of drug-likeness (QED) is 0.906. The highest BCUT2D eigenvalue weighted by atomic mass is 35.5. The lowest BCUT2D eigenvalue weighted by Crippen LogP contribution is -2.34. The molecule has 1 aromatic carbocycles. The molecule has 0 radical (unpaired) electrons. The van der Waals surface area contributed by atoms with Crippen molar-refractivity contribution >= 4 is 24.0 Å². The fourth-order valence-corrected chi connectivity index (χ4v) is 3.76. The minimum atomic E-state index is 0. The third kappa shape index (κ3) is 4.95. The zero-order valence-electron chi connectivity index (χ0n) is 13.9. The molecule has 23 heavy (non-hydrogen) atoms. The van der Waals surface area contributed by atoms with Crippen molar-refractivity contribution in [3.05, 3.63) is 29.8 Å². The minimum absolute atomic E-state index is 0. The van der Waals surface area contributed by atoms with Gasteiger partial charge in [0.15, 0.2) is 0 Å². The van der Waals surface area contributed by atoms with Crippen molar-refractivity contribution in [2.75, 3.05) is 24.5 Å². The molecule has 3 nitrogen and oxygen atoms in total. The van der Waals surface area contributed by atoms with Gasteiger partial charge >= 0.3 is 0 Å². The fraction of sp³-hybridized carbons (Fsp3) is 0.632. The van der Waals surface area contributed by atoms with Crippen LogP contribution in [-0.2, 0) is 11.2 Å². The van der Waals surface area contributed by atoms with Crippen molar-refractivity contribution < 1.29 is 4.79 Å². The van der Waals surface area contributed by atoms with E-state index in [4.69, 9.17) is 0 Å². The van der Waals surface area contributed by atoms with Gasteiger partial charge in [0.25, 0.3) is 0 Å². The maximum absolute atomic E-state index is 12.8. The lowest BCUT2D eigenvalue weighted by Gasteiger charge is -2.28. The summed E-state index contributed by atoms with van der Waals surface area (Å²) < 4.78 is 0. The summed E-state index contributed by atoms with van der Waals surface area (Å²) in [6, 6.07) is 8.47. The fourth-order valence-electron chi connectivity index (χ4n) is 3.76. The molecule has 2 aliphatic heterocycles. The monoisotopic (exact) mass is 336 g/mol. The van der Waals surface area contributed by atoms with Crippen LogP contribution in [0.1, 0.15) is 50.5 Å². The molecule has 0 unspecified atom stereocenters. The highest BCUT2D eigenvalue weighted by molar-refractivity contribution is 5.94. The van der Waals surface area contributed by atoms with Gasteiger partial charge in [0.1, 0.15) is 0 Å². The zero-order valence-corrected chi connectivity index (χ0v) is 14.7. The van der Waals surface area contributed by atoms with Gasteiger partial charge in [-0.25, -0.2) is 0 Å². The van der Waals surface area contributed by atoms with Crippen LogP contribution in [0.25, 0.3) is 0 Å². The van der Waals surface area contributed by atoms with Gasteiger partial charge < -0.3 is 10.2 Å². The molecule has 1 saturated heterocycles. The van der Waals surface area contributed by atoms with Gasteiger partial charge in [-0.2, -0.15) is 0 Å². The van der Waals surface area contributed by atoms with Crippen molar-refractivity contribution in [3.63, 3.8) is 0 Å². The molecular weight excluding hydrogens is 308 g/mol. The van der Waals surface area contributed by atoms with E-state index in [1.807, 2.05) is 0 Å². The molecule has 1 N–H and O–H groups in total. The van der Waals surface area contributed by atoms with Crippen molar-refractivity contribution in [1.29, 1.82) is 0 Å². The highest BCUT2D eigenvalue weighted by Gasteiger charge is 2.21. The van der Waals surface area contributed by atoms with E-state index in [1.54, 1.807) is 0 Å². The third-order valence-electron chi connectivity index (χ3n) is 5.14. The Hall–Kier alpha value is -1.06. The number of anilines is 1. The van der Waals surface area contributed by atoms with Crippen LogP contribution >= 0.6 is 12.4 Å². The van der Waals surface area contributed by atoms with E-state index in [0.717, 1.165) is 50.5 Å². The summed E-state index contributed by atoms with van der Waals surface area (Å²) in [4.78, 5) is 14.8. The second-order valence-electron chi connectivity index (χ2n) is 6.72. The van der Waals surface area contributed by atoms with Gasteiger partial charge in [-0.05, 0) is 69.2 Å². The number of rotatable bonds is 3. The second kappa shape index (κ2) is 9.29. The molecule has 0 bridgehead atoms. The molecule has 1 amide bonds. The smallest absolute Gasteiger partial charge is 0.226 e. The summed E-state index contributed by atoms with van der Waals surface area (Å²) in [7, 11) is 0. The molecule has 0 aliphatic carbocycles. The van der Waals surface area contributed by atoms with Gasteiger partial charge in [0, 0.05) is 18.7 Å². The summed E-state index contributed by atoms with van der Waals surface area (Å²) in [5.74, 6) is 1.06. The van der Waals surface area contributed by atoms with Crippen LogP contribution in [0.15, 0.2) is 24.3 Å². The number of halogens is 1. The first kappa shape index (κ1) is 18.3. The predicted octanol–water partition coefficient (Wildman–Crippen LogP) is 3.95. The number of hydrogen-bond donors (Lipinski definition) is 1. The Morgan fingerprint density at radius 2 is 1.91 bits per heavy atom. The summed E-state index contributed by atoms with van der Waals surface area (Å²) in [6.07, 6.45) is 8.92. The standard InChI is InChI=1S/C19H28N2O.ClH/c22-19(10-9-16-11-13-20-14-12-16)21-15-5-1-2-6-17-7-3-4-8-18(17)21;/h3-4,7-8,16,20H,1-2,5-6,9-15H2;1H. The Kier molecular flexibility index (Phi) is 7.38. The number of fused-ring (bicyclic) bond motifs is 1. The molecule has 0 spiro atoms. The SMILES string of the molecule is Cl.O=C(CCC1CCNCC1)N1CCCCCc2ccccc21. The Labute approximate surface area is 146 Å². The van der Waals surface area contributed by atoms with Gasteiger partial charge in [-0.1, -0.05) is 24.6 Å². The van der Waals surface area contributed by atoms with E-state index < -0.39 is 0 Å². The Balaban J connectivity index is 0.00000192. The normalized spacial score (nSPS) is 19.2. The maximum Gasteiger partial charge on any atom is 0.226 e. The number of carbonyl (C=O) groups is 1. The molecule has 0 aromatic heterocycles. The van der Waals surface area contributed by atoms with Gasteiger partial charge in [0.05, 0.1) is 0 Å². The molecule has 2 heterocycles. The van der Waals surface area contributed by atoms with Crippen LogP contribution in [0.4, 0.5) is 5.69 Å². The molecule has 0 saturated carbocycles. The van der Waals surface area contributed by atoms with Crippen molar-refractivity contribution in [1.82, 2.24) is 5.32 Å². The van der Waals surface area contributed by atoms with Crippen LogP contribution in [0, 0.1) is 5.92 Å². The van der Waals surface area contributed by atoms with Crippen LogP contribution in [-0.4, -0.2) is 25.5 Å². The van der Waals surface area contributed by atoms with Crippen molar-refractivity contribution in [2.24, 2.45) is 5.92 Å². The molecule has 3 rings (SSSR count). The summed E-state index contributed by atoms with van der Waals surface area (Å²) >= 11 is 0. The lowest BCUT2D eigenvalue weighted by molar-refractivity contribution is -0.119. The number of piperidine rings is 1. The highest BCUT2D eigenvalue weighted by Crippen LogP contribution is 2.27. The number of aryl methyl sites for hydroxylation is 1. The number of carbonyl (C=O) groups excluding carboxylic acids is 1. The summed E-state index contributed by atoms with van der Waals surface area (Å²) in [5, 5.41) is 3.40. The molecule has 128 valence electrons. The van der Waals surface area contributed by atoms with Crippen molar-refractivity contribution in [2.45, 2.75) is 51.4 Å². The van der Waals surface area contributed by atoms with Gasteiger partial charge in [-0.3, -0.25) is 4.79 Å². The third-order valence-corrected chi connectivity index (χ3v) is 5.14. The molecule has 4 heteroatoms. The van der Waals surface area contributed by atoms with E-state index in [2.05, 4.69) is 34.5 Å². The number of nitrogens with zero attached hydrogens (tertiary/aromatic N) is 1. The average Bonchev–Trinajstić information content (AvgIpc) is 2.55. The Bertz CT molecular complexity index is 500. The molecule has 1 fully saturated rings. The molecular formula is C19H29ClN2O. The van der Waals surface area contributed by atoms with E-state index in [9.17, 15) is 4.79 Å². The average molecular weight is 337 g/mol. The Morgan fingerprint density at radius 1 is 1.13 bits per heavy atom. The summed E-state index contributed by atoms with van der Waals surface area (Å²) in [6.45, 7) is 3.12. The van der Waals surface area contributed by atoms with Gasteiger partial charge in [0.2, 0.25) is 5.91 Å². The first-order chi connectivity index (χ1) is 10.8.